The second-order valence-corrected chi connectivity index (χ2v) is 27.5. The topological polar surface area (TPSA) is 44.8 Å². The van der Waals surface area contributed by atoms with Crippen LogP contribution in [-0.4, -0.2) is 34.8 Å². The van der Waals surface area contributed by atoms with E-state index in [-0.39, 0.29) is 40.0 Å². The van der Waals surface area contributed by atoms with E-state index in [9.17, 15) is 4.79 Å². The Bertz CT molecular complexity index is 1050. The SMILES string of the molecule is CC[Si](CC)(CC)O[C@@H]1C[C@]2(C)C3=C(OC(=O)[C@H]2C[C@H]1O[Si](C)(C)C(C)(C)C)[C@@H]1CC[C@H]([C@H](C)CCCC(C)C)[C@@]1(C)CC3. The molecule has 1 aliphatic heterocycles. The van der Waals surface area contributed by atoms with Crippen molar-refractivity contribution in [1.29, 1.82) is 0 Å². The minimum Gasteiger partial charge on any atom is -0.431 e. The van der Waals surface area contributed by atoms with Crippen LogP contribution in [0.3, 0.4) is 0 Å². The second kappa shape index (κ2) is 13.2. The highest BCUT2D eigenvalue weighted by Gasteiger charge is 2.61. The van der Waals surface area contributed by atoms with Crippen LogP contribution in [0.2, 0.25) is 36.3 Å². The fourth-order valence-electron chi connectivity index (χ4n) is 9.79. The van der Waals surface area contributed by atoms with Crippen LogP contribution >= 0.6 is 0 Å². The number of carbonyl (C=O) groups excluding carboxylic acids is 1. The monoisotopic (exact) mass is 646 g/mol. The molecule has 0 spiro atoms. The smallest absolute Gasteiger partial charge is 0.315 e. The van der Waals surface area contributed by atoms with E-state index in [1.807, 2.05) is 0 Å². The van der Waals surface area contributed by atoms with Gasteiger partial charge >= 0.3 is 5.97 Å². The average Bonchev–Trinajstić information content (AvgIpc) is 3.29. The molecule has 3 aliphatic carbocycles. The van der Waals surface area contributed by atoms with Crippen molar-refractivity contribution in [2.24, 2.45) is 40.4 Å². The maximum absolute atomic E-state index is 14.1. The predicted octanol–water partition coefficient (Wildman–Crippen LogP) is 11.3. The summed E-state index contributed by atoms with van der Waals surface area (Å²) in [5, 5.41) is 0.106. The first-order valence-corrected chi connectivity index (χ1v) is 24.1. The van der Waals surface area contributed by atoms with Gasteiger partial charge in [0.05, 0.1) is 18.1 Å². The second-order valence-electron chi connectivity index (χ2n) is 18.0. The van der Waals surface area contributed by atoms with E-state index >= 15 is 0 Å². The minimum absolute atomic E-state index is 0.0104. The Kier molecular flexibility index (Phi) is 10.9. The summed E-state index contributed by atoms with van der Waals surface area (Å²) < 4.78 is 21.2. The number of ether oxygens (including phenoxy) is 1. The molecule has 44 heavy (non-hydrogen) atoms. The quantitative estimate of drug-likeness (QED) is 0.156. The lowest BCUT2D eigenvalue weighted by molar-refractivity contribution is -0.163. The van der Waals surface area contributed by atoms with E-state index in [4.69, 9.17) is 13.6 Å². The summed E-state index contributed by atoms with van der Waals surface area (Å²) in [4.78, 5) is 14.1. The molecule has 2 saturated carbocycles. The Morgan fingerprint density at radius 3 is 2.14 bits per heavy atom. The number of hydrogen-bond donors (Lipinski definition) is 0. The molecule has 4 aliphatic rings. The van der Waals surface area contributed by atoms with E-state index < -0.39 is 16.6 Å². The molecular formula is C38H70O4Si2. The molecule has 254 valence electrons. The fraction of sp³-hybridized carbons (Fsp3) is 0.921. The molecule has 0 amide bonds. The summed E-state index contributed by atoms with van der Waals surface area (Å²) >= 11 is 0. The molecule has 0 N–H and O–H groups in total. The van der Waals surface area contributed by atoms with Crippen molar-refractivity contribution in [3.05, 3.63) is 11.3 Å². The van der Waals surface area contributed by atoms with Crippen LogP contribution in [0.1, 0.15) is 134 Å². The van der Waals surface area contributed by atoms with Gasteiger partial charge in [-0.25, -0.2) is 0 Å². The standard InChI is InChI=1S/C38H70O4Si2/c1-14-44(15-2,16-3)42-33-25-38(11)30-22-23-37(10)28(27(6)19-17-18-26(4)5)20-21-29(37)34(30)40-35(39)31(38)24-32(33)41-43(12,13)36(7,8)9/h26-29,31-33H,14-25H2,1-13H3/t27-,28-,29+,31-,32-,33-,37-,38-/m1/s1. The third kappa shape index (κ3) is 6.63. The first-order chi connectivity index (χ1) is 20.4. The van der Waals surface area contributed by atoms with Crippen LogP contribution in [0, 0.1) is 40.4 Å². The van der Waals surface area contributed by atoms with Crippen molar-refractivity contribution in [3.8, 4) is 0 Å². The van der Waals surface area contributed by atoms with Gasteiger partial charge in [-0.2, -0.15) is 0 Å². The van der Waals surface area contributed by atoms with Crippen LogP contribution in [-0.2, 0) is 18.4 Å². The third-order valence-corrected chi connectivity index (χ3v) is 23.3. The van der Waals surface area contributed by atoms with Gasteiger partial charge in [0, 0.05) is 11.3 Å². The molecule has 0 radical (unpaired) electrons. The Balaban J connectivity index is 1.67. The maximum Gasteiger partial charge on any atom is 0.315 e. The van der Waals surface area contributed by atoms with Crippen molar-refractivity contribution in [2.45, 2.75) is 182 Å². The van der Waals surface area contributed by atoms with Gasteiger partial charge in [-0.3, -0.25) is 4.79 Å². The number of fused-ring (bicyclic) bond motifs is 4. The van der Waals surface area contributed by atoms with Crippen LogP contribution in [0.25, 0.3) is 0 Å². The van der Waals surface area contributed by atoms with Gasteiger partial charge in [0.1, 0.15) is 5.76 Å². The highest BCUT2D eigenvalue weighted by atomic mass is 28.4. The normalized spacial score (nSPS) is 35.3. The number of allylic oxidation sites excluding steroid dienone is 2. The van der Waals surface area contributed by atoms with Crippen molar-refractivity contribution in [2.75, 3.05) is 0 Å². The van der Waals surface area contributed by atoms with Gasteiger partial charge in [0.15, 0.2) is 16.6 Å². The van der Waals surface area contributed by atoms with Crippen molar-refractivity contribution in [1.82, 2.24) is 0 Å². The van der Waals surface area contributed by atoms with E-state index in [1.165, 1.54) is 37.7 Å². The first-order valence-electron chi connectivity index (χ1n) is 18.7. The lowest BCUT2D eigenvalue weighted by Crippen LogP contribution is -2.59. The van der Waals surface area contributed by atoms with E-state index in [0.717, 1.165) is 61.4 Å². The van der Waals surface area contributed by atoms with E-state index in [0.29, 0.717) is 11.8 Å². The molecule has 8 atom stereocenters. The summed E-state index contributed by atoms with van der Waals surface area (Å²) in [6.45, 7) is 30.8. The van der Waals surface area contributed by atoms with E-state index in [2.05, 4.69) is 89.3 Å². The zero-order valence-corrected chi connectivity index (χ0v) is 33.2. The number of carbonyl (C=O) groups is 1. The highest BCUT2D eigenvalue weighted by Crippen LogP contribution is 2.65. The summed E-state index contributed by atoms with van der Waals surface area (Å²) in [6.07, 6.45) is 10.3. The Labute approximate surface area is 274 Å². The molecular weight excluding hydrogens is 577 g/mol. The molecule has 0 saturated heterocycles. The average molecular weight is 647 g/mol. The molecule has 0 unspecified atom stereocenters. The molecule has 6 heteroatoms. The summed E-state index contributed by atoms with van der Waals surface area (Å²) in [5.41, 5.74) is 1.49. The third-order valence-electron chi connectivity index (χ3n) is 14.1. The molecule has 4 nitrogen and oxygen atoms in total. The lowest BCUT2D eigenvalue weighted by atomic mass is 9.54. The minimum atomic E-state index is -2.07. The van der Waals surface area contributed by atoms with Gasteiger partial charge in [-0.15, -0.1) is 0 Å². The molecule has 1 heterocycles. The zero-order valence-electron chi connectivity index (χ0n) is 31.2. The first kappa shape index (κ1) is 36.4. The maximum atomic E-state index is 14.1. The van der Waals surface area contributed by atoms with Crippen LogP contribution in [0.5, 0.6) is 0 Å². The van der Waals surface area contributed by atoms with Gasteiger partial charge in [-0.05, 0) is 104 Å². The van der Waals surface area contributed by atoms with Gasteiger partial charge < -0.3 is 13.6 Å². The Morgan fingerprint density at radius 1 is 0.932 bits per heavy atom. The van der Waals surface area contributed by atoms with Crippen LogP contribution in [0.15, 0.2) is 11.3 Å². The van der Waals surface area contributed by atoms with Gasteiger partial charge in [0.25, 0.3) is 0 Å². The highest BCUT2D eigenvalue weighted by molar-refractivity contribution is 6.74. The Hall–Kier alpha value is -0.436. The molecule has 2 fully saturated rings. The lowest BCUT2D eigenvalue weighted by Gasteiger charge is -2.56. The fourth-order valence-corrected chi connectivity index (χ4v) is 14.0. The molecule has 0 aromatic rings. The Morgan fingerprint density at radius 2 is 1.57 bits per heavy atom. The summed E-state index contributed by atoms with van der Waals surface area (Å²) in [7, 11) is -3.96. The molecule has 0 aromatic carbocycles. The van der Waals surface area contributed by atoms with Gasteiger partial charge in [-0.1, -0.05) is 95.4 Å². The summed E-state index contributed by atoms with van der Waals surface area (Å²) in [5.74, 6) is 3.55. The van der Waals surface area contributed by atoms with Gasteiger partial charge in [0.2, 0.25) is 0 Å². The number of rotatable bonds is 12. The van der Waals surface area contributed by atoms with Crippen LogP contribution < -0.4 is 0 Å². The molecule has 4 rings (SSSR count). The summed E-state index contributed by atoms with van der Waals surface area (Å²) in [6, 6.07) is 3.41. The van der Waals surface area contributed by atoms with Crippen LogP contribution in [0.4, 0.5) is 0 Å². The molecule has 0 bridgehead atoms. The predicted molar refractivity (Wildman–Crippen MR) is 189 cm³/mol. The number of hydrogen-bond acceptors (Lipinski definition) is 4. The zero-order chi connectivity index (χ0) is 32.9. The van der Waals surface area contributed by atoms with E-state index in [1.54, 1.807) is 0 Å². The molecule has 0 aromatic heterocycles. The van der Waals surface area contributed by atoms with Crippen molar-refractivity contribution >= 4 is 22.6 Å². The number of esters is 1. The van der Waals surface area contributed by atoms with Crippen molar-refractivity contribution < 1.29 is 18.4 Å². The van der Waals surface area contributed by atoms with Crippen molar-refractivity contribution in [3.63, 3.8) is 0 Å². The largest absolute Gasteiger partial charge is 0.431 e.